The van der Waals surface area contributed by atoms with Gasteiger partial charge in [0.05, 0.1) is 30.7 Å². The Labute approximate surface area is 482 Å². The molecule has 4 unspecified atom stereocenters. The number of aliphatic hydroxyl groups excluding tert-OH is 4. The van der Waals surface area contributed by atoms with Crippen molar-refractivity contribution in [1.82, 2.24) is 26.3 Å². The number of aromatic nitrogens is 3. The maximum Gasteiger partial charge on any atom is 0.326 e. The Morgan fingerprint density at radius 1 is 0.855 bits per heavy atom. The fourth-order valence-electron chi connectivity index (χ4n) is 12.4. The predicted octanol–water partition coefficient (Wildman–Crippen LogP) is 3.34. The van der Waals surface area contributed by atoms with E-state index in [1.807, 2.05) is 48.6 Å². The Hall–Kier alpha value is -6.51. The number of H-pyrrole nitrogens is 1. The van der Waals surface area contributed by atoms with E-state index >= 15 is 0 Å². The summed E-state index contributed by atoms with van der Waals surface area (Å²) in [5.74, 6) is -1.80. The maximum absolute atomic E-state index is 13.5. The molecule has 4 aromatic carbocycles. The normalized spacial score (nSPS) is 26.2. The zero-order valence-electron chi connectivity index (χ0n) is 47.9. The van der Waals surface area contributed by atoms with E-state index in [0.29, 0.717) is 38.0 Å². The first kappa shape index (κ1) is 61.1. The van der Waals surface area contributed by atoms with E-state index in [2.05, 4.69) is 101 Å². The molecule has 0 spiro atoms. The van der Waals surface area contributed by atoms with Crippen molar-refractivity contribution in [3.05, 3.63) is 120 Å². The molecule has 0 radical (unpaired) electrons. The summed E-state index contributed by atoms with van der Waals surface area (Å²) in [4.78, 5) is 41.0. The van der Waals surface area contributed by atoms with E-state index in [0.717, 1.165) is 57.3 Å². The number of benzene rings is 4. The molecule has 0 saturated carbocycles. The summed E-state index contributed by atoms with van der Waals surface area (Å²) in [6.45, 7) is 12.4. The van der Waals surface area contributed by atoms with Gasteiger partial charge < -0.3 is 60.2 Å². The van der Waals surface area contributed by atoms with Crippen LogP contribution in [0.15, 0.2) is 103 Å². The Kier molecular flexibility index (Phi) is 18.7. The van der Waals surface area contributed by atoms with Crippen molar-refractivity contribution in [2.24, 2.45) is 0 Å². The molecule has 9 rings (SSSR count). The number of carbonyl (C=O) groups is 3. The molecule has 446 valence electrons. The minimum Gasteiger partial charge on any atom is -0.394 e. The molecule has 2 saturated heterocycles. The highest BCUT2D eigenvalue weighted by Crippen LogP contribution is 2.51. The fourth-order valence-corrected chi connectivity index (χ4v) is 13.0. The molecule has 0 aliphatic carbocycles. The molecule has 10 atom stereocenters. The van der Waals surface area contributed by atoms with Crippen molar-refractivity contribution in [2.45, 2.75) is 159 Å². The van der Waals surface area contributed by atoms with E-state index < -0.39 is 106 Å². The minimum absolute atomic E-state index is 0.109. The Morgan fingerprint density at radius 3 is 2.24 bits per heavy atom. The summed E-state index contributed by atoms with van der Waals surface area (Å²) in [5.41, 5.74) is 5.51. The van der Waals surface area contributed by atoms with E-state index in [1.54, 1.807) is 22.4 Å². The van der Waals surface area contributed by atoms with Crippen LogP contribution >= 0.6 is 0 Å². The minimum atomic E-state index is -4.39. The molecule has 2 fully saturated rings. The number of anilines is 1. The third-order valence-electron chi connectivity index (χ3n) is 16.4. The van der Waals surface area contributed by atoms with Crippen LogP contribution in [0.4, 0.5) is 11.4 Å². The van der Waals surface area contributed by atoms with Gasteiger partial charge in [-0.1, -0.05) is 86.2 Å². The first-order chi connectivity index (χ1) is 39.5. The number of aliphatic hydroxyl groups is 4. The molecular formula is C60H78N8O14S+2. The van der Waals surface area contributed by atoms with Gasteiger partial charge in [-0.15, -0.1) is 0 Å². The summed E-state index contributed by atoms with van der Waals surface area (Å²) in [6, 6.07) is 23.7. The molecule has 0 bridgehead atoms. The summed E-state index contributed by atoms with van der Waals surface area (Å²) in [7, 11) is -3.14. The van der Waals surface area contributed by atoms with Gasteiger partial charge in [0.2, 0.25) is 23.2 Å². The number of nitrogens with zero attached hydrogens (tertiary/aromatic N) is 4. The highest BCUT2D eigenvalue weighted by molar-refractivity contribution is 7.85. The van der Waals surface area contributed by atoms with Crippen molar-refractivity contribution in [3.63, 3.8) is 0 Å². The van der Waals surface area contributed by atoms with Gasteiger partial charge in [0.1, 0.15) is 43.2 Å². The number of allylic oxidation sites excluding steroid dienone is 4. The number of unbranched alkanes of at least 4 members (excludes halogenated alkanes) is 2. The summed E-state index contributed by atoms with van der Waals surface area (Å²) < 4.78 is 61.5. The first-order valence-electron chi connectivity index (χ1n) is 28.2. The lowest BCUT2D eigenvalue weighted by molar-refractivity contribution is -0.753. The second-order valence-electron chi connectivity index (χ2n) is 22.9. The number of rotatable bonds is 22. The lowest BCUT2D eigenvalue weighted by atomic mass is 9.79. The molecule has 5 heterocycles. The van der Waals surface area contributed by atoms with Gasteiger partial charge in [-0.25, -0.2) is 0 Å². The monoisotopic (exact) mass is 1170 g/mol. The van der Waals surface area contributed by atoms with Gasteiger partial charge in [0, 0.05) is 79.6 Å². The second kappa shape index (κ2) is 25.4. The number of amides is 3. The van der Waals surface area contributed by atoms with E-state index in [4.69, 9.17) is 18.9 Å². The Balaban J connectivity index is 0.771. The number of carbonyl (C=O) groups excluding carboxylic acids is 3. The lowest BCUT2D eigenvalue weighted by Crippen LogP contribution is -2.68. The van der Waals surface area contributed by atoms with Crippen LogP contribution in [0.1, 0.15) is 90.5 Å². The molecule has 22 nitrogen and oxygen atoms in total. The van der Waals surface area contributed by atoms with Crippen LogP contribution in [-0.4, -0.2) is 166 Å². The Morgan fingerprint density at radius 2 is 1.55 bits per heavy atom. The largest absolute Gasteiger partial charge is 0.394 e. The van der Waals surface area contributed by atoms with Gasteiger partial charge in [0.15, 0.2) is 24.3 Å². The smallest absolute Gasteiger partial charge is 0.326 e. The number of nitrogens with one attached hydrogen (secondary N) is 4. The molecule has 1 aromatic heterocycles. The number of hydrogen-bond acceptors (Lipinski definition) is 15. The summed E-state index contributed by atoms with van der Waals surface area (Å²) in [5, 5.41) is 62.8. The van der Waals surface area contributed by atoms with Crippen LogP contribution < -0.4 is 25.5 Å². The van der Waals surface area contributed by atoms with Gasteiger partial charge in [-0.05, 0) is 78.9 Å². The Bertz CT molecular complexity index is 3420. The van der Waals surface area contributed by atoms with Crippen molar-refractivity contribution < 1.29 is 76.0 Å². The zero-order valence-corrected chi connectivity index (χ0v) is 48.7. The highest BCUT2D eigenvalue weighted by atomic mass is 32.2. The molecule has 4 aliphatic heterocycles. The van der Waals surface area contributed by atoms with Gasteiger partial charge in [0.25, 0.3) is 11.8 Å². The third kappa shape index (κ3) is 12.9. The van der Waals surface area contributed by atoms with Crippen LogP contribution in [0.5, 0.6) is 0 Å². The fraction of sp³-hybridized carbons (Fsp3) is 0.500. The van der Waals surface area contributed by atoms with Crippen molar-refractivity contribution in [1.29, 1.82) is 0 Å². The predicted molar refractivity (Wildman–Crippen MR) is 308 cm³/mol. The van der Waals surface area contributed by atoms with Crippen LogP contribution in [0.3, 0.4) is 0 Å². The molecule has 5 aromatic rings. The van der Waals surface area contributed by atoms with Gasteiger partial charge >= 0.3 is 10.1 Å². The zero-order chi connectivity index (χ0) is 59.5. The third-order valence-corrected chi connectivity index (χ3v) is 17.0. The molecule has 83 heavy (non-hydrogen) atoms. The molecular weight excluding hydrogens is 1090 g/mol. The van der Waals surface area contributed by atoms with Gasteiger partial charge in [-0.3, -0.25) is 18.9 Å². The average molecular weight is 1170 g/mol. The lowest BCUT2D eigenvalue weighted by Gasteiger charge is -2.47. The van der Waals surface area contributed by atoms with Crippen LogP contribution in [0, 0.1) is 0 Å². The number of aryl methyl sites for hydroxylation is 1. The molecule has 4 aliphatic rings. The first-order valence-corrected chi connectivity index (χ1v) is 29.8. The van der Waals surface area contributed by atoms with E-state index in [-0.39, 0.29) is 19.0 Å². The average Bonchev–Trinajstić information content (AvgIpc) is 4.05. The van der Waals surface area contributed by atoms with Crippen molar-refractivity contribution in [2.75, 3.05) is 37.6 Å². The van der Waals surface area contributed by atoms with Crippen molar-refractivity contribution in [3.8, 4) is 0 Å². The van der Waals surface area contributed by atoms with E-state index in [9.17, 15) is 47.8 Å². The van der Waals surface area contributed by atoms with E-state index in [1.165, 1.54) is 25.0 Å². The molecule has 3 amide bonds. The number of hydrogen-bond donors (Lipinski definition) is 9. The topological polar surface area (TPSA) is 298 Å². The van der Waals surface area contributed by atoms with Gasteiger partial charge in [-0.2, -0.15) is 17.7 Å². The highest BCUT2D eigenvalue weighted by Gasteiger charge is 2.53. The summed E-state index contributed by atoms with van der Waals surface area (Å²) in [6.07, 6.45) is -1.44. The standard InChI is InChI=1S/C60H76N8O14S/c1-35-50(63-36(2)70)54(51(72)44(33-69)80-35)81-58-53(74)52(73)55(79-7)56(82-58)57(75)61-28-16-29-66-32-39(64-65-66)31-62-47(71)23-9-8-14-30-67-42-26-24-37-17-10-12-19-40(37)48(42)59(3,4)45(67)21-15-22-46-60(5,6)49-41-20-13-11-18-38(41)25-27-43(49)68(46)34-83(76,77)78/h10-13,15,17-22,24-27,32,35,44,50-56,58,69,72-74H,8-9,14,16,23,28-31,33-34H2,1-7H3,(H3-,61,62,63,70,71,75,76,77,78)/p+2/t35-,44?,50?,51+,52+,53?,54+,55-,56?,58+/m0/s1. The number of methoxy groups -OCH3 is 1. The molecule has 9 N–H and O–H groups in total. The summed E-state index contributed by atoms with van der Waals surface area (Å²) >= 11 is 0. The molecule has 23 heteroatoms. The second-order valence-corrected chi connectivity index (χ2v) is 24.4. The van der Waals surface area contributed by atoms with Crippen LogP contribution in [0.25, 0.3) is 21.5 Å². The number of aromatic amines is 1. The number of ether oxygens (including phenoxy) is 4. The van der Waals surface area contributed by atoms with Crippen LogP contribution in [-0.2, 0) is 67.4 Å². The van der Waals surface area contributed by atoms with Crippen LogP contribution in [0.2, 0.25) is 0 Å². The van der Waals surface area contributed by atoms with Crippen molar-refractivity contribution >= 4 is 66.5 Å². The maximum atomic E-state index is 13.5. The quantitative estimate of drug-likeness (QED) is 0.0273. The number of fused-ring (bicyclic) bond motifs is 6. The SMILES string of the molecule is CO[C@@H]1C(C(=O)NCCC[n+]2cc(CNC(=O)CCCCCN3C(=CC=CC4=[N+](CS(=O)(=O)O)c5ccc6ccccc6c5C4(C)C)C(C)(C)c4c3ccc3ccccc43)n[nH]2)O[C@@H](O[C@@H]2C(NC(C)=O)[C@H](C)OC(CO)[C@H]2O)C(O)[C@H]1O.